The van der Waals surface area contributed by atoms with E-state index in [1.807, 2.05) is 6.92 Å². The molecular formula is C21H19Cl2NO5. The average molecular weight is 436 g/mol. The van der Waals surface area contributed by atoms with E-state index >= 15 is 0 Å². The van der Waals surface area contributed by atoms with Crippen LogP contribution in [0, 0.1) is 0 Å². The molecule has 0 spiro atoms. The number of methoxy groups -OCH3 is 1. The molecule has 0 radical (unpaired) electrons. The van der Waals surface area contributed by atoms with Crippen molar-refractivity contribution in [3.05, 3.63) is 57.7 Å². The van der Waals surface area contributed by atoms with E-state index < -0.39 is 11.9 Å². The van der Waals surface area contributed by atoms with Gasteiger partial charge < -0.3 is 19.2 Å². The number of halogens is 2. The van der Waals surface area contributed by atoms with Crippen molar-refractivity contribution < 1.29 is 23.8 Å². The first-order valence-corrected chi connectivity index (χ1v) is 9.73. The molecule has 0 fully saturated rings. The van der Waals surface area contributed by atoms with Crippen molar-refractivity contribution in [3.8, 4) is 11.5 Å². The van der Waals surface area contributed by atoms with Crippen LogP contribution in [-0.2, 0) is 9.47 Å². The maximum atomic E-state index is 12.1. The zero-order valence-corrected chi connectivity index (χ0v) is 17.4. The zero-order valence-electron chi connectivity index (χ0n) is 15.9. The zero-order chi connectivity index (χ0) is 21.0. The number of aromatic amines is 1. The molecule has 3 aromatic rings. The van der Waals surface area contributed by atoms with Gasteiger partial charge in [-0.05, 0) is 36.8 Å². The van der Waals surface area contributed by atoms with E-state index in [9.17, 15) is 9.59 Å². The van der Waals surface area contributed by atoms with Gasteiger partial charge >= 0.3 is 11.9 Å². The summed E-state index contributed by atoms with van der Waals surface area (Å²) in [4.78, 5) is 26.7. The molecule has 0 unspecified atom stereocenters. The molecule has 0 amide bonds. The highest BCUT2D eigenvalue weighted by Crippen LogP contribution is 2.38. The number of carbonyl (C=O) groups is 2. The van der Waals surface area contributed by atoms with Crippen LogP contribution in [0.1, 0.15) is 40.6 Å². The van der Waals surface area contributed by atoms with Crippen molar-refractivity contribution in [2.45, 2.75) is 19.8 Å². The molecule has 0 aliphatic rings. The van der Waals surface area contributed by atoms with Gasteiger partial charge in [0.05, 0.1) is 29.3 Å². The monoisotopic (exact) mass is 435 g/mol. The standard InChI is InChI=1S/C21H19Cl2NO5/c1-3-4-7-28-20(25)13-8-15(22)19(16(23)9-13)29-14-6-5-12-10-18(21(26)27-2)24-17(12)11-14/h5-6,8-11,24H,3-4,7H2,1-2H3. The number of hydrogen-bond donors (Lipinski definition) is 1. The van der Waals surface area contributed by atoms with Crippen molar-refractivity contribution in [1.82, 2.24) is 4.98 Å². The Morgan fingerprint density at radius 1 is 1.03 bits per heavy atom. The number of ether oxygens (including phenoxy) is 3. The molecule has 1 N–H and O–H groups in total. The number of H-pyrrole nitrogens is 1. The summed E-state index contributed by atoms with van der Waals surface area (Å²) in [6.07, 6.45) is 1.71. The molecule has 8 heteroatoms. The lowest BCUT2D eigenvalue weighted by Crippen LogP contribution is -2.06. The summed E-state index contributed by atoms with van der Waals surface area (Å²) in [7, 11) is 1.32. The van der Waals surface area contributed by atoms with Crippen molar-refractivity contribution in [3.63, 3.8) is 0 Å². The van der Waals surface area contributed by atoms with Crippen LogP contribution < -0.4 is 4.74 Å². The molecule has 3 rings (SSSR count). The number of aromatic nitrogens is 1. The van der Waals surface area contributed by atoms with Gasteiger partial charge in [-0.1, -0.05) is 36.5 Å². The smallest absolute Gasteiger partial charge is 0.354 e. The van der Waals surface area contributed by atoms with Crippen molar-refractivity contribution >= 4 is 46.0 Å². The van der Waals surface area contributed by atoms with E-state index in [0.29, 0.717) is 23.6 Å². The fourth-order valence-corrected chi connectivity index (χ4v) is 3.24. The summed E-state index contributed by atoms with van der Waals surface area (Å²) in [6, 6.07) is 9.82. The van der Waals surface area contributed by atoms with Gasteiger partial charge in [0, 0.05) is 17.0 Å². The van der Waals surface area contributed by atoms with E-state index in [2.05, 4.69) is 4.98 Å². The minimum absolute atomic E-state index is 0.182. The summed E-state index contributed by atoms with van der Waals surface area (Å²) in [6.45, 7) is 2.35. The topological polar surface area (TPSA) is 77.6 Å². The third kappa shape index (κ3) is 4.83. The Hall–Kier alpha value is -2.70. The van der Waals surface area contributed by atoms with Crippen LogP contribution in [0.25, 0.3) is 10.9 Å². The molecule has 2 aromatic carbocycles. The first-order valence-electron chi connectivity index (χ1n) is 8.98. The molecule has 0 aliphatic heterocycles. The highest BCUT2D eigenvalue weighted by Gasteiger charge is 2.17. The first kappa shape index (κ1) is 21.0. The Morgan fingerprint density at radius 3 is 2.41 bits per heavy atom. The SMILES string of the molecule is CCCCOC(=O)c1cc(Cl)c(Oc2ccc3cc(C(=O)OC)[nH]c3c2)c(Cl)c1. The number of hydrogen-bond acceptors (Lipinski definition) is 5. The predicted octanol–water partition coefficient (Wildman–Crippen LogP) is 6.01. The Kier molecular flexibility index (Phi) is 6.67. The molecule has 0 saturated heterocycles. The van der Waals surface area contributed by atoms with Crippen molar-refractivity contribution in [2.75, 3.05) is 13.7 Å². The lowest BCUT2D eigenvalue weighted by Gasteiger charge is -2.11. The summed E-state index contributed by atoms with van der Waals surface area (Å²) in [5.41, 5.74) is 1.28. The molecule has 6 nitrogen and oxygen atoms in total. The number of unbranched alkanes of at least 4 members (excludes halogenated alkanes) is 1. The molecule has 0 bridgehead atoms. The minimum Gasteiger partial charge on any atom is -0.464 e. The van der Waals surface area contributed by atoms with E-state index in [0.717, 1.165) is 18.2 Å². The first-order chi connectivity index (χ1) is 13.9. The van der Waals surface area contributed by atoms with Gasteiger partial charge in [0.15, 0.2) is 5.75 Å². The maximum Gasteiger partial charge on any atom is 0.354 e. The number of rotatable bonds is 7. The minimum atomic E-state index is -0.489. The second kappa shape index (κ2) is 9.20. The number of carbonyl (C=O) groups excluding carboxylic acids is 2. The van der Waals surface area contributed by atoms with Crippen molar-refractivity contribution in [1.29, 1.82) is 0 Å². The van der Waals surface area contributed by atoms with E-state index in [4.69, 9.17) is 37.4 Å². The van der Waals surface area contributed by atoms with Crippen LogP contribution in [0.3, 0.4) is 0 Å². The highest BCUT2D eigenvalue weighted by atomic mass is 35.5. The molecule has 0 aliphatic carbocycles. The number of nitrogens with one attached hydrogen (secondary N) is 1. The van der Waals surface area contributed by atoms with Gasteiger partial charge in [0.2, 0.25) is 0 Å². The molecule has 152 valence electrons. The number of esters is 2. The maximum absolute atomic E-state index is 12.1. The Balaban J connectivity index is 1.82. The van der Waals surface area contributed by atoms with Crippen LogP contribution in [0.4, 0.5) is 0 Å². The van der Waals surface area contributed by atoms with E-state index in [1.54, 1.807) is 24.3 Å². The normalized spacial score (nSPS) is 10.8. The number of benzene rings is 2. The lowest BCUT2D eigenvalue weighted by atomic mass is 10.2. The van der Waals surface area contributed by atoms with Gasteiger partial charge in [-0.15, -0.1) is 0 Å². The third-order valence-corrected chi connectivity index (χ3v) is 4.75. The van der Waals surface area contributed by atoms with Crippen LogP contribution >= 0.6 is 23.2 Å². The average Bonchev–Trinajstić information content (AvgIpc) is 3.13. The van der Waals surface area contributed by atoms with Gasteiger partial charge in [-0.25, -0.2) is 9.59 Å². The lowest BCUT2D eigenvalue weighted by molar-refractivity contribution is 0.0499. The summed E-state index contributed by atoms with van der Waals surface area (Å²) in [5.74, 6) is -0.275. The molecular weight excluding hydrogens is 417 g/mol. The number of fused-ring (bicyclic) bond motifs is 1. The summed E-state index contributed by atoms with van der Waals surface area (Å²) >= 11 is 12.6. The fourth-order valence-electron chi connectivity index (χ4n) is 2.68. The van der Waals surface area contributed by atoms with Crippen LogP contribution in [0.15, 0.2) is 36.4 Å². The second-order valence-corrected chi connectivity index (χ2v) is 7.10. The van der Waals surface area contributed by atoms with E-state index in [-0.39, 0.29) is 21.4 Å². The second-order valence-electron chi connectivity index (χ2n) is 6.28. The van der Waals surface area contributed by atoms with Gasteiger partial charge in [0.25, 0.3) is 0 Å². The molecule has 1 heterocycles. The van der Waals surface area contributed by atoms with Crippen LogP contribution in [0.2, 0.25) is 10.0 Å². The highest BCUT2D eigenvalue weighted by molar-refractivity contribution is 6.37. The quantitative estimate of drug-likeness (QED) is 0.363. The largest absolute Gasteiger partial charge is 0.464 e. The predicted molar refractivity (Wildman–Crippen MR) is 111 cm³/mol. The van der Waals surface area contributed by atoms with Gasteiger partial charge in [-0.2, -0.15) is 0 Å². The summed E-state index contributed by atoms with van der Waals surface area (Å²) < 4.78 is 15.7. The Morgan fingerprint density at radius 2 is 1.76 bits per heavy atom. The molecule has 29 heavy (non-hydrogen) atoms. The fraction of sp³-hybridized carbons (Fsp3) is 0.238. The molecule has 1 aromatic heterocycles. The van der Waals surface area contributed by atoms with Crippen molar-refractivity contribution in [2.24, 2.45) is 0 Å². The Bertz CT molecular complexity index is 1040. The Labute approximate surface area is 177 Å². The molecule has 0 atom stereocenters. The van der Waals surface area contributed by atoms with Crippen LogP contribution in [-0.4, -0.2) is 30.6 Å². The third-order valence-electron chi connectivity index (χ3n) is 4.18. The van der Waals surface area contributed by atoms with E-state index in [1.165, 1.54) is 19.2 Å². The van der Waals surface area contributed by atoms with Crippen LogP contribution in [0.5, 0.6) is 11.5 Å². The van der Waals surface area contributed by atoms with Gasteiger partial charge in [0.1, 0.15) is 11.4 Å². The molecule has 0 saturated carbocycles. The van der Waals surface area contributed by atoms with Gasteiger partial charge in [-0.3, -0.25) is 0 Å². The summed E-state index contributed by atoms with van der Waals surface area (Å²) in [5, 5.41) is 1.18.